The number of amides is 1. The van der Waals surface area contributed by atoms with Crippen LogP contribution in [-0.4, -0.2) is 36.9 Å². The van der Waals surface area contributed by atoms with Crippen molar-refractivity contribution in [1.29, 1.82) is 0 Å². The number of carbonyl (C=O) groups is 1. The molecule has 0 spiro atoms. The molecule has 0 saturated heterocycles. The Hall–Kier alpha value is -3.00. The summed E-state index contributed by atoms with van der Waals surface area (Å²) in [4.78, 5) is 15.0. The van der Waals surface area contributed by atoms with Crippen LogP contribution in [0.5, 0.6) is 0 Å². The fourth-order valence-corrected chi connectivity index (χ4v) is 3.73. The second-order valence-corrected chi connectivity index (χ2v) is 7.35. The van der Waals surface area contributed by atoms with Gasteiger partial charge in [-0.2, -0.15) is 0 Å². The van der Waals surface area contributed by atoms with Crippen molar-refractivity contribution in [1.82, 2.24) is 10.3 Å². The molecule has 0 atom stereocenters. The van der Waals surface area contributed by atoms with Crippen LogP contribution in [0.15, 0.2) is 36.4 Å². The lowest BCUT2D eigenvalue weighted by Crippen LogP contribution is -2.47. The SMILES string of the molecule is CO[C@H]1C[C@@H](NC(=O)OCCc2c(-c3ccc(F)cc3)[nH]c3c(F)cc(F)cc23)C1. The van der Waals surface area contributed by atoms with E-state index in [2.05, 4.69) is 10.3 Å². The molecule has 1 amide bonds. The number of aromatic nitrogens is 1. The number of halogens is 3. The molecule has 5 nitrogen and oxygen atoms in total. The largest absolute Gasteiger partial charge is 0.449 e. The van der Waals surface area contributed by atoms with Crippen LogP contribution >= 0.6 is 0 Å². The van der Waals surface area contributed by atoms with Crippen LogP contribution in [0.2, 0.25) is 0 Å². The van der Waals surface area contributed by atoms with E-state index in [0.29, 0.717) is 22.2 Å². The third kappa shape index (κ3) is 4.14. The van der Waals surface area contributed by atoms with Crippen molar-refractivity contribution in [2.24, 2.45) is 0 Å². The maximum absolute atomic E-state index is 14.3. The zero-order valence-electron chi connectivity index (χ0n) is 16.3. The number of methoxy groups -OCH3 is 1. The highest BCUT2D eigenvalue weighted by Crippen LogP contribution is 2.33. The van der Waals surface area contributed by atoms with E-state index in [1.165, 1.54) is 18.2 Å². The highest BCUT2D eigenvalue weighted by molar-refractivity contribution is 5.91. The van der Waals surface area contributed by atoms with E-state index in [1.54, 1.807) is 19.2 Å². The van der Waals surface area contributed by atoms with Crippen LogP contribution in [0, 0.1) is 17.5 Å². The number of carbonyl (C=O) groups excluding carboxylic acids is 1. The monoisotopic (exact) mass is 418 g/mol. The maximum atomic E-state index is 14.3. The molecular formula is C22H21F3N2O3. The van der Waals surface area contributed by atoms with E-state index in [-0.39, 0.29) is 30.7 Å². The molecule has 1 saturated carbocycles. The topological polar surface area (TPSA) is 63.4 Å². The second-order valence-electron chi connectivity index (χ2n) is 7.35. The molecule has 158 valence electrons. The molecule has 1 aromatic heterocycles. The van der Waals surface area contributed by atoms with Gasteiger partial charge in [0.15, 0.2) is 0 Å². The number of alkyl carbamates (subject to hydrolysis) is 1. The molecule has 2 aromatic carbocycles. The third-order valence-corrected chi connectivity index (χ3v) is 5.40. The lowest BCUT2D eigenvalue weighted by Gasteiger charge is -2.34. The van der Waals surface area contributed by atoms with E-state index >= 15 is 0 Å². The zero-order valence-corrected chi connectivity index (χ0v) is 16.3. The lowest BCUT2D eigenvalue weighted by molar-refractivity contribution is 0.0166. The summed E-state index contributed by atoms with van der Waals surface area (Å²) in [6.07, 6.45) is 1.32. The van der Waals surface area contributed by atoms with Crippen LogP contribution in [0.3, 0.4) is 0 Å². The fraction of sp³-hybridized carbons (Fsp3) is 0.318. The van der Waals surface area contributed by atoms with Crippen molar-refractivity contribution in [2.45, 2.75) is 31.4 Å². The predicted octanol–water partition coefficient (Wildman–Crippen LogP) is 4.70. The van der Waals surface area contributed by atoms with E-state index in [4.69, 9.17) is 9.47 Å². The molecular weight excluding hydrogens is 397 g/mol. The van der Waals surface area contributed by atoms with Gasteiger partial charge in [0, 0.05) is 36.7 Å². The number of aromatic amines is 1. The smallest absolute Gasteiger partial charge is 0.407 e. The average Bonchev–Trinajstić information content (AvgIpc) is 3.04. The first-order valence-corrected chi connectivity index (χ1v) is 9.66. The van der Waals surface area contributed by atoms with Crippen molar-refractivity contribution < 1.29 is 27.4 Å². The number of hydrogen-bond acceptors (Lipinski definition) is 3. The minimum atomic E-state index is -0.726. The molecule has 0 bridgehead atoms. The van der Waals surface area contributed by atoms with Gasteiger partial charge in [0.2, 0.25) is 0 Å². The Morgan fingerprint density at radius 1 is 1.13 bits per heavy atom. The second kappa shape index (κ2) is 8.39. The first kappa shape index (κ1) is 20.3. The van der Waals surface area contributed by atoms with Gasteiger partial charge in [-0.3, -0.25) is 0 Å². The fourth-order valence-electron chi connectivity index (χ4n) is 3.73. The standard InChI is InChI=1S/C22H21F3N2O3/c1-29-16-10-15(11-16)26-22(28)30-7-6-17-18-8-14(24)9-19(25)21(18)27-20(17)12-2-4-13(23)5-3-12/h2-5,8-9,15-16,27H,6-7,10-11H2,1H3,(H,26,28)/t15-,16+. The number of H-pyrrole nitrogens is 1. The van der Waals surface area contributed by atoms with Gasteiger partial charge < -0.3 is 19.8 Å². The van der Waals surface area contributed by atoms with Crippen LogP contribution in [0.4, 0.5) is 18.0 Å². The summed E-state index contributed by atoms with van der Waals surface area (Å²) >= 11 is 0. The van der Waals surface area contributed by atoms with E-state index in [0.717, 1.165) is 18.9 Å². The van der Waals surface area contributed by atoms with Crippen LogP contribution in [-0.2, 0) is 15.9 Å². The number of ether oxygens (including phenoxy) is 2. The molecule has 4 rings (SSSR count). The summed E-state index contributed by atoms with van der Waals surface area (Å²) in [5, 5.41) is 3.12. The van der Waals surface area contributed by atoms with Crippen LogP contribution in [0.25, 0.3) is 22.2 Å². The normalized spacial score (nSPS) is 18.3. The van der Waals surface area contributed by atoms with Crippen molar-refractivity contribution in [3.63, 3.8) is 0 Å². The Bertz CT molecular complexity index is 1060. The number of fused-ring (bicyclic) bond motifs is 1. The number of nitrogens with one attached hydrogen (secondary N) is 2. The molecule has 1 fully saturated rings. The highest BCUT2D eigenvalue weighted by atomic mass is 19.1. The molecule has 0 unspecified atom stereocenters. The lowest BCUT2D eigenvalue weighted by atomic mass is 9.89. The molecule has 30 heavy (non-hydrogen) atoms. The van der Waals surface area contributed by atoms with Gasteiger partial charge in [-0.05, 0) is 54.3 Å². The third-order valence-electron chi connectivity index (χ3n) is 5.40. The number of hydrogen-bond donors (Lipinski definition) is 2. The summed E-state index contributed by atoms with van der Waals surface area (Å²) in [6.45, 7) is 0.0194. The van der Waals surface area contributed by atoms with Crippen LogP contribution < -0.4 is 5.32 Å². The average molecular weight is 418 g/mol. The van der Waals surface area contributed by atoms with Gasteiger partial charge in [0.1, 0.15) is 17.5 Å². The van der Waals surface area contributed by atoms with Crippen molar-refractivity contribution in [3.05, 3.63) is 59.4 Å². The van der Waals surface area contributed by atoms with Gasteiger partial charge in [-0.15, -0.1) is 0 Å². The zero-order chi connectivity index (χ0) is 21.3. The first-order valence-electron chi connectivity index (χ1n) is 9.66. The summed E-state index contributed by atoms with van der Waals surface area (Å²) < 4.78 is 51.9. The quantitative estimate of drug-likeness (QED) is 0.610. The molecule has 1 aliphatic carbocycles. The van der Waals surface area contributed by atoms with Gasteiger partial charge in [0.05, 0.1) is 18.2 Å². The van der Waals surface area contributed by atoms with Gasteiger partial charge in [-0.1, -0.05) is 0 Å². The maximum Gasteiger partial charge on any atom is 0.407 e. The first-order chi connectivity index (χ1) is 14.4. The van der Waals surface area contributed by atoms with Gasteiger partial charge in [-0.25, -0.2) is 18.0 Å². The summed E-state index contributed by atoms with van der Waals surface area (Å²) in [5.41, 5.74) is 1.88. The van der Waals surface area contributed by atoms with E-state index < -0.39 is 23.5 Å². The molecule has 0 aliphatic heterocycles. The van der Waals surface area contributed by atoms with E-state index in [9.17, 15) is 18.0 Å². The minimum absolute atomic E-state index is 0.0194. The molecule has 2 N–H and O–H groups in total. The Kier molecular flexibility index (Phi) is 5.67. The highest BCUT2D eigenvalue weighted by Gasteiger charge is 2.30. The Morgan fingerprint density at radius 3 is 2.57 bits per heavy atom. The summed E-state index contributed by atoms with van der Waals surface area (Å²) in [5.74, 6) is -1.83. The summed E-state index contributed by atoms with van der Waals surface area (Å²) in [7, 11) is 1.63. The van der Waals surface area contributed by atoms with Gasteiger partial charge >= 0.3 is 6.09 Å². The van der Waals surface area contributed by atoms with Crippen LogP contribution in [0.1, 0.15) is 18.4 Å². The van der Waals surface area contributed by atoms with Crippen molar-refractivity contribution in [3.8, 4) is 11.3 Å². The Balaban J connectivity index is 1.52. The predicted molar refractivity (Wildman–Crippen MR) is 106 cm³/mol. The Morgan fingerprint density at radius 2 is 1.87 bits per heavy atom. The number of benzene rings is 2. The van der Waals surface area contributed by atoms with Crippen molar-refractivity contribution in [2.75, 3.05) is 13.7 Å². The van der Waals surface area contributed by atoms with E-state index in [1.807, 2.05) is 0 Å². The van der Waals surface area contributed by atoms with Gasteiger partial charge in [0.25, 0.3) is 0 Å². The Labute approximate surface area is 171 Å². The molecule has 3 aromatic rings. The molecule has 1 heterocycles. The molecule has 8 heteroatoms. The summed E-state index contributed by atoms with van der Waals surface area (Å²) in [6, 6.07) is 7.73. The number of rotatable bonds is 6. The molecule has 0 radical (unpaired) electrons. The van der Waals surface area contributed by atoms with Crippen molar-refractivity contribution >= 4 is 17.0 Å². The molecule has 1 aliphatic rings. The minimum Gasteiger partial charge on any atom is -0.449 e.